The number of benzene rings is 2. The number of nitrogens with one attached hydrogen (secondary N) is 2. The smallest absolute Gasteiger partial charge is 0.319 e. The SMILES string of the molecule is CCCNC(=O)Nc1cccc(-c2noc(/C=C/c3ccccc3)n2)c1. The fourth-order valence-corrected chi connectivity index (χ4v) is 2.30. The highest BCUT2D eigenvalue weighted by molar-refractivity contribution is 5.89. The molecule has 2 aromatic carbocycles. The highest BCUT2D eigenvalue weighted by Crippen LogP contribution is 2.20. The molecule has 0 aliphatic rings. The van der Waals surface area contributed by atoms with E-state index in [2.05, 4.69) is 20.8 Å². The van der Waals surface area contributed by atoms with Gasteiger partial charge in [-0.15, -0.1) is 0 Å². The first-order valence-electron chi connectivity index (χ1n) is 8.47. The van der Waals surface area contributed by atoms with Gasteiger partial charge < -0.3 is 15.2 Å². The van der Waals surface area contributed by atoms with Gasteiger partial charge in [0.05, 0.1) is 0 Å². The molecule has 6 nitrogen and oxygen atoms in total. The van der Waals surface area contributed by atoms with Crippen molar-refractivity contribution in [3.8, 4) is 11.4 Å². The van der Waals surface area contributed by atoms with Crippen molar-refractivity contribution in [3.05, 3.63) is 66.1 Å². The molecule has 1 aromatic heterocycles. The first-order valence-corrected chi connectivity index (χ1v) is 8.47. The van der Waals surface area contributed by atoms with Gasteiger partial charge in [-0.25, -0.2) is 4.79 Å². The van der Waals surface area contributed by atoms with E-state index < -0.39 is 0 Å². The summed E-state index contributed by atoms with van der Waals surface area (Å²) >= 11 is 0. The minimum atomic E-state index is -0.233. The highest BCUT2D eigenvalue weighted by atomic mass is 16.5. The Balaban J connectivity index is 1.70. The normalized spacial score (nSPS) is 10.8. The number of urea groups is 1. The number of aromatic nitrogens is 2. The molecule has 1 heterocycles. The zero-order valence-electron chi connectivity index (χ0n) is 14.5. The number of carbonyl (C=O) groups excluding carboxylic acids is 1. The molecular weight excluding hydrogens is 328 g/mol. The lowest BCUT2D eigenvalue weighted by Crippen LogP contribution is -2.29. The zero-order valence-corrected chi connectivity index (χ0v) is 14.5. The predicted octanol–water partition coefficient (Wildman–Crippen LogP) is 4.44. The lowest BCUT2D eigenvalue weighted by molar-refractivity contribution is 0.252. The molecule has 26 heavy (non-hydrogen) atoms. The molecule has 0 atom stereocenters. The standard InChI is InChI=1S/C20H20N4O2/c1-2-13-21-20(25)22-17-10-6-9-16(14-17)19-23-18(26-24-19)12-11-15-7-4-3-5-8-15/h3-12,14H,2,13H2,1H3,(H2,21,22,25)/b12-11+. The van der Waals surface area contributed by atoms with Crippen LogP contribution < -0.4 is 10.6 Å². The zero-order chi connectivity index (χ0) is 18.2. The molecule has 2 amide bonds. The van der Waals surface area contributed by atoms with Crippen LogP contribution in [0, 0.1) is 0 Å². The Hall–Kier alpha value is -3.41. The van der Waals surface area contributed by atoms with Crippen LogP contribution in [-0.2, 0) is 0 Å². The number of hydrogen-bond donors (Lipinski definition) is 2. The van der Waals surface area contributed by atoms with E-state index >= 15 is 0 Å². The summed E-state index contributed by atoms with van der Waals surface area (Å²) in [6.07, 6.45) is 4.56. The van der Waals surface area contributed by atoms with Crippen LogP contribution in [0.15, 0.2) is 59.1 Å². The van der Waals surface area contributed by atoms with Crippen molar-refractivity contribution in [2.24, 2.45) is 0 Å². The van der Waals surface area contributed by atoms with Crippen LogP contribution in [0.3, 0.4) is 0 Å². The summed E-state index contributed by atoms with van der Waals surface area (Å²) in [4.78, 5) is 16.1. The molecule has 0 fully saturated rings. The maximum absolute atomic E-state index is 11.8. The minimum absolute atomic E-state index is 0.233. The highest BCUT2D eigenvalue weighted by Gasteiger charge is 2.08. The van der Waals surface area contributed by atoms with Crippen LogP contribution in [0.2, 0.25) is 0 Å². The predicted molar refractivity (Wildman–Crippen MR) is 102 cm³/mol. The van der Waals surface area contributed by atoms with Gasteiger partial charge in [0.15, 0.2) is 0 Å². The van der Waals surface area contributed by atoms with Gasteiger partial charge in [-0.1, -0.05) is 54.5 Å². The summed E-state index contributed by atoms with van der Waals surface area (Å²) < 4.78 is 5.27. The van der Waals surface area contributed by atoms with Crippen LogP contribution in [-0.4, -0.2) is 22.7 Å². The third-order valence-corrected chi connectivity index (χ3v) is 3.57. The fourth-order valence-electron chi connectivity index (χ4n) is 2.30. The van der Waals surface area contributed by atoms with E-state index in [-0.39, 0.29) is 6.03 Å². The van der Waals surface area contributed by atoms with Gasteiger partial charge in [-0.05, 0) is 30.2 Å². The summed E-state index contributed by atoms with van der Waals surface area (Å²) in [6.45, 7) is 2.63. The number of amides is 2. The van der Waals surface area contributed by atoms with Crippen molar-refractivity contribution in [1.29, 1.82) is 0 Å². The van der Waals surface area contributed by atoms with E-state index in [0.29, 0.717) is 23.9 Å². The second kappa shape index (κ2) is 8.62. The van der Waals surface area contributed by atoms with Crippen molar-refractivity contribution < 1.29 is 9.32 Å². The van der Waals surface area contributed by atoms with E-state index in [4.69, 9.17) is 4.52 Å². The van der Waals surface area contributed by atoms with Gasteiger partial charge >= 0.3 is 6.03 Å². The largest absolute Gasteiger partial charge is 0.338 e. The molecule has 0 bridgehead atoms. The Bertz CT molecular complexity index is 888. The van der Waals surface area contributed by atoms with Crippen molar-refractivity contribution in [2.75, 3.05) is 11.9 Å². The van der Waals surface area contributed by atoms with Gasteiger partial charge in [0.1, 0.15) is 0 Å². The van der Waals surface area contributed by atoms with E-state index in [0.717, 1.165) is 17.5 Å². The Morgan fingerprint density at radius 1 is 1.12 bits per heavy atom. The van der Waals surface area contributed by atoms with E-state index in [1.807, 2.05) is 61.5 Å². The molecule has 0 unspecified atom stereocenters. The van der Waals surface area contributed by atoms with Crippen molar-refractivity contribution >= 4 is 23.9 Å². The van der Waals surface area contributed by atoms with Crippen LogP contribution >= 0.6 is 0 Å². The number of hydrogen-bond acceptors (Lipinski definition) is 4. The summed E-state index contributed by atoms with van der Waals surface area (Å²) in [5.41, 5.74) is 2.49. The lowest BCUT2D eigenvalue weighted by Gasteiger charge is -2.07. The van der Waals surface area contributed by atoms with E-state index in [1.54, 1.807) is 12.1 Å². The summed E-state index contributed by atoms with van der Waals surface area (Å²) in [7, 11) is 0. The van der Waals surface area contributed by atoms with Gasteiger partial charge in [0.25, 0.3) is 5.89 Å². The fraction of sp³-hybridized carbons (Fsp3) is 0.150. The molecule has 0 radical (unpaired) electrons. The van der Waals surface area contributed by atoms with E-state index in [9.17, 15) is 4.79 Å². The van der Waals surface area contributed by atoms with Crippen molar-refractivity contribution in [1.82, 2.24) is 15.5 Å². The van der Waals surface area contributed by atoms with Gasteiger partial charge in [0, 0.05) is 23.9 Å². The molecule has 2 N–H and O–H groups in total. The molecule has 3 rings (SSSR count). The molecule has 0 saturated carbocycles. The average Bonchev–Trinajstić information content (AvgIpc) is 3.15. The number of anilines is 1. The molecular formula is C20H20N4O2. The van der Waals surface area contributed by atoms with Crippen LogP contribution in [0.4, 0.5) is 10.5 Å². The third-order valence-electron chi connectivity index (χ3n) is 3.57. The third kappa shape index (κ3) is 4.80. The molecule has 3 aromatic rings. The second-order valence-electron chi connectivity index (χ2n) is 5.66. The first-order chi connectivity index (χ1) is 12.7. The number of nitrogens with zero attached hydrogens (tertiary/aromatic N) is 2. The summed E-state index contributed by atoms with van der Waals surface area (Å²) in [5.74, 6) is 0.887. The van der Waals surface area contributed by atoms with Crippen molar-refractivity contribution in [3.63, 3.8) is 0 Å². The van der Waals surface area contributed by atoms with Crippen LogP contribution in [0.25, 0.3) is 23.5 Å². The Labute approximate surface area is 151 Å². The average molecular weight is 348 g/mol. The Morgan fingerprint density at radius 2 is 1.96 bits per heavy atom. The molecule has 0 aliphatic carbocycles. The molecule has 0 aliphatic heterocycles. The van der Waals surface area contributed by atoms with Crippen LogP contribution in [0.5, 0.6) is 0 Å². The summed E-state index contributed by atoms with van der Waals surface area (Å²) in [6, 6.07) is 17.0. The van der Waals surface area contributed by atoms with Gasteiger partial charge in [-0.3, -0.25) is 0 Å². The van der Waals surface area contributed by atoms with Crippen LogP contribution in [0.1, 0.15) is 24.8 Å². The number of carbonyl (C=O) groups is 1. The van der Waals surface area contributed by atoms with Crippen molar-refractivity contribution in [2.45, 2.75) is 13.3 Å². The maximum atomic E-state index is 11.8. The monoisotopic (exact) mass is 348 g/mol. The molecule has 0 saturated heterocycles. The molecule has 132 valence electrons. The van der Waals surface area contributed by atoms with Gasteiger partial charge in [0.2, 0.25) is 5.82 Å². The quantitative estimate of drug-likeness (QED) is 0.690. The maximum Gasteiger partial charge on any atom is 0.319 e. The Kier molecular flexibility index (Phi) is 5.77. The molecule has 0 spiro atoms. The minimum Gasteiger partial charge on any atom is -0.338 e. The van der Waals surface area contributed by atoms with Gasteiger partial charge in [-0.2, -0.15) is 4.98 Å². The molecule has 6 heteroatoms. The Morgan fingerprint density at radius 3 is 2.77 bits per heavy atom. The number of rotatable bonds is 6. The summed E-state index contributed by atoms with van der Waals surface area (Å²) in [5, 5.41) is 9.56. The lowest BCUT2D eigenvalue weighted by atomic mass is 10.2. The second-order valence-corrected chi connectivity index (χ2v) is 5.66. The van der Waals surface area contributed by atoms with E-state index in [1.165, 1.54) is 0 Å². The topological polar surface area (TPSA) is 80.0 Å². The first kappa shape index (κ1) is 17.4.